The van der Waals surface area contributed by atoms with Gasteiger partial charge in [0.1, 0.15) is 11.6 Å². The van der Waals surface area contributed by atoms with Crippen LogP contribution >= 0.6 is 22.7 Å². The molecule has 38 heavy (non-hydrogen) atoms. The van der Waals surface area contributed by atoms with Gasteiger partial charge in [0.25, 0.3) is 0 Å². The van der Waals surface area contributed by atoms with Crippen LogP contribution in [0.15, 0.2) is 103 Å². The SMILES string of the molecule is Cc1ccc(N(c2ccc(C)cc2)c2ccc(-c3ccc(-c4ccc(/C=C(\C#N)C(=O)O)s4)s3)cc2)cc1. The van der Waals surface area contributed by atoms with Crippen LogP contribution in [0.1, 0.15) is 16.0 Å². The first-order valence-corrected chi connectivity index (χ1v) is 13.6. The molecule has 0 saturated carbocycles. The molecule has 3 aromatic carbocycles. The van der Waals surface area contributed by atoms with Crippen molar-refractivity contribution < 1.29 is 9.90 Å². The minimum absolute atomic E-state index is 0.268. The van der Waals surface area contributed by atoms with Crippen LogP contribution in [0.3, 0.4) is 0 Å². The van der Waals surface area contributed by atoms with Gasteiger partial charge in [0.05, 0.1) is 0 Å². The van der Waals surface area contributed by atoms with Gasteiger partial charge < -0.3 is 10.0 Å². The Labute approximate surface area is 230 Å². The predicted molar refractivity (Wildman–Crippen MR) is 158 cm³/mol. The number of hydrogen-bond donors (Lipinski definition) is 1. The molecule has 5 aromatic rings. The van der Waals surface area contributed by atoms with E-state index in [0.717, 1.165) is 42.1 Å². The normalized spacial score (nSPS) is 11.2. The number of rotatable bonds is 7. The number of nitriles is 1. The van der Waals surface area contributed by atoms with Crippen molar-refractivity contribution in [1.82, 2.24) is 0 Å². The summed E-state index contributed by atoms with van der Waals surface area (Å²) in [7, 11) is 0. The third-order valence-electron chi connectivity index (χ3n) is 6.11. The Balaban J connectivity index is 1.42. The maximum Gasteiger partial charge on any atom is 0.346 e. The smallest absolute Gasteiger partial charge is 0.346 e. The summed E-state index contributed by atoms with van der Waals surface area (Å²) in [5, 5.41) is 18.1. The standard InChI is InChI=1S/C32H24N2O2S2/c1-21-3-9-25(10-4-21)34(26-11-5-22(2)6-12-26)27-13-7-23(8-14-27)29-17-18-31(38-29)30-16-15-28(37-30)19-24(20-33)32(35)36/h3-19H,1-2H3,(H,35,36)/b24-19+. The van der Waals surface area contributed by atoms with Gasteiger partial charge in [-0.1, -0.05) is 47.5 Å². The first-order chi connectivity index (χ1) is 18.4. The van der Waals surface area contributed by atoms with Crippen molar-refractivity contribution in [2.75, 3.05) is 4.90 Å². The van der Waals surface area contributed by atoms with Gasteiger partial charge in [-0.25, -0.2) is 4.79 Å². The Kier molecular flexibility index (Phi) is 7.23. The van der Waals surface area contributed by atoms with Gasteiger partial charge in [-0.2, -0.15) is 5.26 Å². The van der Waals surface area contributed by atoms with Crippen LogP contribution in [0.5, 0.6) is 0 Å². The summed E-state index contributed by atoms with van der Waals surface area (Å²) in [6.45, 7) is 4.19. The Morgan fingerprint density at radius 2 is 1.18 bits per heavy atom. The molecule has 0 bridgehead atoms. The largest absolute Gasteiger partial charge is 0.477 e. The quantitative estimate of drug-likeness (QED) is 0.168. The fourth-order valence-electron chi connectivity index (χ4n) is 4.08. The van der Waals surface area contributed by atoms with E-state index in [9.17, 15) is 4.79 Å². The summed E-state index contributed by atoms with van der Waals surface area (Å²) in [6.07, 6.45) is 1.41. The highest BCUT2D eigenvalue weighted by Crippen LogP contribution is 2.40. The van der Waals surface area contributed by atoms with Crippen LogP contribution in [0.2, 0.25) is 0 Å². The van der Waals surface area contributed by atoms with Crippen LogP contribution in [0.25, 0.3) is 26.3 Å². The number of hydrogen-bond acceptors (Lipinski definition) is 5. The molecule has 1 N–H and O–H groups in total. The van der Waals surface area contributed by atoms with E-state index >= 15 is 0 Å². The molecule has 5 rings (SSSR count). The molecule has 0 unspecified atom stereocenters. The van der Waals surface area contributed by atoms with Crippen molar-refractivity contribution in [1.29, 1.82) is 5.26 Å². The molecule has 0 atom stereocenters. The minimum atomic E-state index is -1.22. The molecule has 0 aliphatic heterocycles. The van der Waals surface area contributed by atoms with Gasteiger partial charge in [0.2, 0.25) is 0 Å². The van der Waals surface area contributed by atoms with Crippen molar-refractivity contribution in [3.05, 3.63) is 119 Å². The predicted octanol–water partition coefficient (Wildman–Crippen LogP) is 9.22. The molecular weight excluding hydrogens is 508 g/mol. The average molecular weight is 533 g/mol. The van der Waals surface area contributed by atoms with Crippen LogP contribution in [-0.4, -0.2) is 11.1 Å². The molecular formula is C32H24N2O2S2. The zero-order valence-electron chi connectivity index (χ0n) is 20.9. The van der Waals surface area contributed by atoms with Gasteiger partial charge in [0.15, 0.2) is 0 Å². The molecule has 0 aliphatic carbocycles. The van der Waals surface area contributed by atoms with Crippen LogP contribution in [-0.2, 0) is 4.79 Å². The maximum atomic E-state index is 11.1. The molecule has 0 amide bonds. The molecule has 0 radical (unpaired) electrons. The number of carboxylic acid groups (broad SMARTS) is 1. The average Bonchev–Trinajstić information content (AvgIpc) is 3.60. The molecule has 0 fully saturated rings. The van der Waals surface area contributed by atoms with E-state index in [1.165, 1.54) is 28.5 Å². The number of anilines is 3. The topological polar surface area (TPSA) is 64.3 Å². The summed E-state index contributed by atoms with van der Waals surface area (Å²) in [6, 6.07) is 35.5. The lowest BCUT2D eigenvalue weighted by atomic mass is 10.1. The van der Waals surface area contributed by atoms with E-state index in [1.807, 2.05) is 12.1 Å². The number of benzene rings is 3. The number of carboxylic acids is 1. The summed E-state index contributed by atoms with van der Waals surface area (Å²) in [5.41, 5.74) is 6.61. The van der Waals surface area contributed by atoms with E-state index in [2.05, 4.69) is 104 Å². The van der Waals surface area contributed by atoms with Gasteiger partial charge in [0, 0.05) is 36.6 Å². The Morgan fingerprint density at radius 3 is 1.71 bits per heavy atom. The van der Waals surface area contributed by atoms with E-state index < -0.39 is 5.97 Å². The van der Waals surface area contributed by atoms with Gasteiger partial charge in [-0.05, 0) is 86.2 Å². The zero-order chi connectivity index (χ0) is 26.6. The van der Waals surface area contributed by atoms with Gasteiger partial charge in [-0.3, -0.25) is 0 Å². The summed E-state index contributed by atoms with van der Waals surface area (Å²) in [5.74, 6) is -1.22. The van der Waals surface area contributed by atoms with E-state index in [-0.39, 0.29) is 5.57 Å². The lowest BCUT2D eigenvalue weighted by Gasteiger charge is -2.26. The molecule has 0 saturated heterocycles. The van der Waals surface area contributed by atoms with Gasteiger partial charge >= 0.3 is 5.97 Å². The van der Waals surface area contributed by atoms with Crippen LogP contribution in [0, 0.1) is 25.2 Å². The monoisotopic (exact) mass is 532 g/mol. The molecule has 186 valence electrons. The van der Waals surface area contributed by atoms with E-state index in [4.69, 9.17) is 10.4 Å². The second-order valence-electron chi connectivity index (χ2n) is 8.89. The first-order valence-electron chi connectivity index (χ1n) is 12.0. The lowest BCUT2D eigenvalue weighted by molar-refractivity contribution is -0.132. The van der Waals surface area contributed by atoms with Crippen LogP contribution < -0.4 is 4.90 Å². The molecule has 0 aliphatic rings. The molecule has 2 aromatic heterocycles. The van der Waals surface area contributed by atoms with Crippen molar-refractivity contribution in [3.63, 3.8) is 0 Å². The summed E-state index contributed by atoms with van der Waals surface area (Å²) < 4.78 is 0. The highest BCUT2D eigenvalue weighted by Gasteiger charge is 2.14. The maximum absolute atomic E-state index is 11.1. The Bertz CT molecular complexity index is 1610. The molecule has 2 heterocycles. The zero-order valence-corrected chi connectivity index (χ0v) is 22.5. The van der Waals surface area contributed by atoms with Crippen molar-refractivity contribution in [3.8, 4) is 26.3 Å². The number of thiophene rings is 2. The van der Waals surface area contributed by atoms with Crippen molar-refractivity contribution in [2.45, 2.75) is 13.8 Å². The Hall–Kier alpha value is -4.44. The number of aliphatic carboxylic acids is 1. The highest BCUT2D eigenvalue weighted by atomic mass is 32.1. The van der Waals surface area contributed by atoms with E-state index in [1.54, 1.807) is 17.4 Å². The Morgan fingerprint density at radius 1 is 0.711 bits per heavy atom. The van der Waals surface area contributed by atoms with E-state index in [0.29, 0.717) is 0 Å². The molecule has 0 spiro atoms. The molecule has 4 nitrogen and oxygen atoms in total. The second kappa shape index (κ2) is 10.9. The minimum Gasteiger partial charge on any atom is -0.477 e. The lowest BCUT2D eigenvalue weighted by Crippen LogP contribution is -2.09. The van der Waals surface area contributed by atoms with Gasteiger partial charge in [-0.15, -0.1) is 22.7 Å². The third-order valence-corrected chi connectivity index (χ3v) is 8.47. The summed E-state index contributed by atoms with van der Waals surface area (Å²) in [4.78, 5) is 17.4. The second-order valence-corrected chi connectivity index (χ2v) is 11.1. The fourth-order valence-corrected chi connectivity index (χ4v) is 6.14. The van der Waals surface area contributed by atoms with Crippen molar-refractivity contribution in [2.24, 2.45) is 0 Å². The first kappa shape index (κ1) is 25.2. The fraction of sp³-hybridized carbons (Fsp3) is 0.0625. The summed E-state index contributed by atoms with van der Waals surface area (Å²) >= 11 is 3.16. The van der Waals surface area contributed by atoms with Crippen molar-refractivity contribution >= 4 is 51.8 Å². The number of nitrogens with zero attached hydrogens (tertiary/aromatic N) is 2. The number of carbonyl (C=O) groups is 1. The third kappa shape index (κ3) is 5.45. The van der Waals surface area contributed by atoms with Crippen LogP contribution in [0.4, 0.5) is 17.1 Å². The number of aryl methyl sites for hydroxylation is 2. The molecule has 6 heteroatoms. The highest BCUT2D eigenvalue weighted by molar-refractivity contribution is 7.24.